The lowest BCUT2D eigenvalue weighted by atomic mass is 9.76. The molecule has 0 unspecified atom stereocenters. The van der Waals surface area contributed by atoms with Crippen LogP contribution in [0.15, 0.2) is 24.3 Å². The van der Waals surface area contributed by atoms with Crippen molar-refractivity contribution in [3.8, 4) is 5.75 Å². The molecule has 1 aromatic carbocycles. The maximum atomic E-state index is 12.7. The predicted octanol–water partition coefficient (Wildman–Crippen LogP) is 1.86. The van der Waals surface area contributed by atoms with E-state index >= 15 is 0 Å². The fourth-order valence-corrected chi connectivity index (χ4v) is 4.72. The van der Waals surface area contributed by atoms with Crippen LogP contribution in [0.2, 0.25) is 0 Å². The molecule has 148 valence electrons. The maximum Gasteiger partial charge on any atom is 0.253 e. The number of piperidine rings is 2. The minimum Gasteiger partial charge on any atom is -0.508 e. The van der Waals surface area contributed by atoms with Gasteiger partial charge in [0, 0.05) is 38.3 Å². The summed E-state index contributed by atoms with van der Waals surface area (Å²) in [6, 6.07) is 6.50. The Bertz CT molecular complexity index is 647. The van der Waals surface area contributed by atoms with E-state index in [0.717, 1.165) is 71.4 Å². The Labute approximate surface area is 160 Å². The first-order valence-electron chi connectivity index (χ1n) is 10.1. The molecule has 3 saturated heterocycles. The minimum absolute atomic E-state index is 0.0483. The van der Waals surface area contributed by atoms with Gasteiger partial charge in [0.15, 0.2) is 0 Å². The third-order valence-corrected chi connectivity index (χ3v) is 6.53. The molecule has 2 N–H and O–H groups in total. The molecule has 3 heterocycles. The van der Waals surface area contributed by atoms with Crippen LogP contribution in [0.5, 0.6) is 5.75 Å². The van der Waals surface area contributed by atoms with Gasteiger partial charge in [-0.3, -0.25) is 4.79 Å². The van der Waals surface area contributed by atoms with Crippen LogP contribution < -0.4 is 0 Å². The highest BCUT2D eigenvalue weighted by Gasteiger charge is 2.43. The lowest BCUT2D eigenvalue weighted by Crippen LogP contribution is -2.44. The fourth-order valence-electron chi connectivity index (χ4n) is 4.72. The highest BCUT2D eigenvalue weighted by molar-refractivity contribution is 5.94. The molecular weight excluding hydrogens is 344 g/mol. The molecule has 0 aliphatic carbocycles. The highest BCUT2D eigenvalue weighted by atomic mass is 16.5. The number of carbonyl (C=O) groups is 1. The van der Waals surface area contributed by atoms with Gasteiger partial charge < -0.3 is 24.7 Å². The van der Waals surface area contributed by atoms with Crippen molar-refractivity contribution in [1.82, 2.24) is 9.80 Å². The van der Waals surface area contributed by atoms with E-state index in [1.165, 1.54) is 0 Å². The topological polar surface area (TPSA) is 73.2 Å². The summed E-state index contributed by atoms with van der Waals surface area (Å²) in [6.45, 7) is 5.23. The molecule has 3 aliphatic rings. The van der Waals surface area contributed by atoms with E-state index in [1.807, 2.05) is 4.90 Å². The standard InChI is InChI=1S/C21H30N2O4/c24-17-3-1-16(2-4-17)20(26)23-11-7-21(8-12-23)13-19(27-15-21)14-22-9-5-18(25)6-10-22/h1-4,18-19,24-25H,5-15H2/t19-/m1/s1. The molecule has 0 saturated carbocycles. The molecule has 0 aromatic heterocycles. The van der Waals surface area contributed by atoms with E-state index in [4.69, 9.17) is 4.74 Å². The summed E-state index contributed by atoms with van der Waals surface area (Å²) >= 11 is 0. The summed E-state index contributed by atoms with van der Waals surface area (Å²) < 4.78 is 6.13. The molecule has 0 radical (unpaired) electrons. The number of phenols is 1. The van der Waals surface area contributed by atoms with Crippen molar-refractivity contribution in [3.05, 3.63) is 29.8 Å². The summed E-state index contributed by atoms with van der Waals surface area (Å²) in [6.07, 6.45) is 4.94. The number of aromatic hydroxyl groups is 1. The second-order valence-corrected chi connectivity index (χ2v) is 8.51. The number of hydrogen-bond acceptors (Lipinski definition) is 5. The first-order chi connectivity index (χ1) is 13.0. The number of carbonyl (C=O) groups excluding carboxylic acids is 1. The molecule has 6 nitrogen and oxygen atoms in total. The van der Waals surface area contributed by atoms with Crippen LogP contribution in [-0.4, -0.2) is 77.5 Å². The van der Waals surface area contributed by atoms with E-state index < -0.39 is 0 Å². The zero-order valence-electron chi connectivity index (χ0n) is 15.8. The van der Waals surface area contributed by atoms with Gasteiger partial charge in [-0.25, -0.2) is 0 Å². The van der Waals surface area contributed by atoms with Gasteiger partial charge in [-0.15, -0.1) is 0 Å². The van der Waals surface area contributed by atoms with Crippen LogP contribution in [0, 0.1) is 5.41 Å². The molecule has 4 rings (SSSR count). The first kappa shape index (κ1) is 18.7. The molecule has 1 aromatic rings. The lowest BCUT2D eigenvalue weighted by molar-refractivity contribution is 0.0302. The molecule has 6 heteroatoms. The molecule has 27 heavy (non-hydrogen) atoms. The van der Waals surface area contributed by atoms with Crippen molar-refractivity contribution in [2.75, 3.05) is 39.3 Å². The van der Waals surface area contributed by atoms with Gasteiger partial charge in [-0.1, -0.05) is 0 Å². The third kappa shape index (κ3) is 4.28. The number of rotatable bonds is 3. The summed E-state index contributed by atoms with van der Waals surface area (Å²) in [5.74, 6) is 0.230. The summed E-state index contributed by atoms with van der Waals surface area (Å²) in [4.78, 5) is 17.0. The van der Waals surface area contributed by atoms with E-state index in [9.17, 15) is 15.0 Å². The zero-order chi connectivity index (χ0) is 18.9. The van der Waals surface area contributed by atoms with Gasteiger partial charge in [-0.2, -0.15) is 0 Å². The number of ether oxygens (including phenoxy) is 1. The summed E-state index contributed by atoms with van der Waals surface area (Å²) in [7, 11) is 0. The van der Waals surface area contributed by atoms with Crippen molar-refractivity contribution in [2.45, 2.75) is 44.3 Å². The van der Waals surface area contributed by atoms with Crippen molar-refractivity contribution in [2.24, 2.45) is 5.41 Å². The molecule has 0 bridgehead atoms. The Balaban J connectivity index is 1.27. The van der Waals surface area contributed by atoms with Gasteiger partial charge in [0.1, 0.15) is 5.75 Å². The Morgan fingerprint density at radius 1 is 1.11 bits per heavy atom. The van der Waals surface area contributed by atoms with Gasteiger partial charge in [0.2, 0.25) is 0 Å². The Hall–Kier alpha value is -1.63. The number of benzene rings is 1. The Kier molecular flexibility index (Phi) is 5.39. The quantitative estimate of drug-likeness (QED) is 0.845. The van der Waals surface area contributed by atoms with Crippen molar-refractivity contribution in [3.63, 3.8) is 0 Å². The minimum atomic E-state index is -0.132. The Morgan fingerprint density at radius 2 is 1.78 bits per heavy atom. The average molecular weight is 374 g/mol. The van der Waals surface area contributed by atoms with Crippen LogP contribution in [0.25, 0.3) is 0 Å². The zero-order valence-corrected chi connectivity index (χ0v) is 15.8. The Morgan fingerprint density at radius 3 is 2.44 bits per heavy atom. The number of hydrogen-bond donors (Lipinski definition) is 2. The fraction of sp³-hybridized carbons (Fsp3) is 0.667. The predicted molar refractivity (Wildman–Crippen MR) is 102 cm³/mol. The van der Waals surface area contributed by atoms with E-state index in [1.54, 1.807) is 24.3 Å². The number of likely N-dealkylation sites (tertiary alicyclic amines) is 2. The third-order valence-electron chi connectivity index (χ3n) is 6.53. The van der Waals surface area contributed by atoms with Crippen molar-refractivity contribution < 1.29 is 19.7 Å². The van der Waals surface area contributed by atoms with Crippen LogP contribution in [0.4, 0.5) is 0 Å². The number of aliphatic hydroxyl groups excluding tert-OH is 1. The SMILES string of the molecule is O=C(c1ccc(O)cc1)N1CCC2(CC1)CO[C@@H](CN1CCC(O)CC1)C2. The number of amides is 1. The van der Waals surface area contributed by atoms with Gasteiger partial charge in [0.25, 0.3) is 5.91 Å². The first-order valence-corrected chi connectivity index (χ1v) is 10.1. The van der Waals surface area contributed by atoms with E-state index in [-0.39, 0.29) is 29.3 Å². The largest absolute Gasteiger partial charge is 0.508 e. The molecule has 1 atom stereocenters. The van der Waals surface area contributed by atoms with Crippen LogP contribution in [0.1, 0.15) is 42.5 Å². The van der Waals surface area contributed by atoms with Gasteiger partial charge in [0.05, 0.1) is 18.8 Å². The smallest absolute Gasteiger partial charge is 0.253 e. The van der Waals surface area contributed by atoms with Crippen LogP contribution in [-0.2, 0) is 4.74 Å². The molecule has 3 fully saturated rings. The van der Waals surface area contributed by atoms with E-state index in [0.29, 0.717) is 5.56 Å². The highest BCUT2D eigenvalue weighted by Crippen LogP contribution is 2.42. The molecule has 3 aliphatic heterocycles. The lowest BCUT2D eigenvalue weighted by Gasteiger charge is -2.38. The average Bonchev–Trinajstić information content (AvgIpc) is 3.06. The summed E-state index contributed by atoms with van der Waals surface area (Å²) in [5, 5.41) is 19.0. The number of aliphatic hydroxyl groups is 1. The molecular formula is C21H30N2O4. The summed E-state index contributed by atoms with van der Waals surface area (Å²) in [5.41, 5.74) is 0.850. The van der Waals surface area contributed by atoms with Gasteiger partial charge in [-0.05, 0) is 61.8 Å². The number of nitrogens with zero attached hydrogens (tertiary/aromatic N) is 2. The van der Waals surface area contributed by atoms with Crippen molar-refractivity contribution >= 4 is 5.91 Å². The van der Waals surface area contributed by atoms with Crippen LogP contribution in [0.3, 0.4) is 0 Å². The molecule has 1 amide bonds. The van der Waals surface area contributed by atoms with Gasteiger partial charge >= 0.3 is 0 Å². The number of phenolic OH excluding ortho intramolecular Hbond substituents is 1. The maximum absolute atomic E-state index is 12.7. The van der Waals surface area contributed by atoms with Crippen molar-refractivity contribution in [1.29, 1.82) is 0 Å². The van der Waals surface area contributed by atoms with Crippen LogP contribution >= 0.6 is 0 Å². The second-order valence-electron chi connectivity index (χ2n) is 8.51. The van der Waals surface area contributed by atoms with E-state index in [2.05, 4.69) is 4.90 Å². The normalized spacial score (nSPS) is 26.6. The molecule has 1 spiro atoms. The second kappa shape index (κ2) is 7.78. The monoisotopic (exact) mass is 374 g/mol.